The lowest BCUT2D eigenvalue weighted by Crippen LogP contribution is -2.29. The maximum atomic E-state index is 12.3. The molecule has 1 aromatic heterocycles. The molecule has 0 radical (unpaired) electrons. The van der Waals surface area contributed by atoms with Crippen molar-refractivity contribution in [3.63, 3.8) is 0 Å². The van der Waals surface area contributed by atoms with Gasteiger partial charge in [-0.25, -0.2) is 17.7 Å². The number of rotatable bonds is 8. The highest BCUT2D eigenvalue weighted by atomic mass is 32.2. The summed E-state index contributed by atoms with van der Waals surface area (Å²) < 4.78 is 28.2. The van der Waals surface area contributed by atoms with E-state index in [1.807, 2.05) is 10.8 Å². The van der Waals surface area contributed by atoms with Gasteiger partial charge < -0.3 is 9.88 Å². The number of nitrogens with zero attached hydrogens (tertiary/aromatic N) is 3. The van der Waals surface area contributed by atoms with Gasteiger partial charge in [-0.1, -0.05) is 12.1 Å². The Balaban J connectivity index is 1.48. The smallest absolute Gasteiger partial charge is 0.251 e. The Bertz CT molecular complexity index is 811. The van der Waals surface area contributed by atoms with Crippen LogP contribution < -0.4 is 5.32 Å². The molecule has 2 heterocycles. The molecule has 0 atom stereocenters. The van der Waals surface area contributed by atoms with Crippen molar-refractivity contribution >= 4 is 15.9 Å². The number of aromatic nitrogens is 2. The standard InChI is InChI=1S/C18H24N4O3S/c23-18(20-8-3-10-21-13-9-19-15-21)17-6-4-16(5-7-17)14-26(24,25)22-11-1-2-12-22/h4-7,9,13,15H,1-3,8,10-12,14H2,(H,20,23). The van der Waals surface area contributed by atoms with Crippen LogP contribution in [0.15, 0.2) is 43.0 Å². The number of hydrogen-bond acceptors (Lipinski definition) is 4. The lowest BCUT2D eigenvalue weighted by molar-refractivity contribution is 0.0952. The molecular weight excluding hydrogens is 352 g/mol. The maximum Gasteiger partial charge on any atom is 0.251 e. The number of hydrogen-bond donors (Lipinski definition) is 1. The van der Waals surface area contributed by atoms with E-state index in [4.69, 9.17) is 0 Å². The first-order chi connectivity index (χ1) is 12.5. The normalized spacial score (nSPS) is 15.2. The molecule has 3 rings (SSSR count). The van der Waals surface area contributed by atoms with Gasteiger partial charge in [0, 0.05) is 44.1 Å². The summed E-state index contributed by atoms with van der Waals surface area (Å²) in [6, 6.07) is 6.79. The highest BCUT2D eigenvalue weighted by Crippen LogP contribution is 2.17. The lowest BCUT2D eigenvalue weighted by Gasteiger charge is -2.15. The van der Waals surface area contributed by atoms with Crippen LogP contribution in [-0.2, 0) is 22.3 Å². The average Bonchev–Trinajstić information content (AvgIpc) is 3.32. The Morgan fingerprint density at radius 1 is 1.15 bits per heavy atom. The molecule has 1 aliphatic rings. The van der Waals surface area contributed by atoms with Crippen molar-refractivity contribution in [2.75, 3.05) is 19.6 Å². The van der Waals surface area contributed by atoms with Crippen LogP contribution in [0.25, 0.3) is 0 Å². The first-order valence-corrected chi connectivity index (χ1v) is 10.5. The second-order valence-corrected chi connectivity index (χ2v) is 8.44. The molecule has 7 nitrogen and oxygen atoms in total. The molecule has 1 saturated heterocycles. The van der Waals surface area contributed by atoms with Crippen molar-refractivity contribution in [1.82, 2.24) is 19.2 Å². The SMILES string of the molecule is O=C(NCCCn1ccnc1)c1ccc(CS(=O)(=O)N2CCCC2)cc1. The van der Waals surface area contributed by atoms with E-state index >= 15 is 0 Å². The molecule has 26 heavy (non-hydrogen) atoms. The van der Waals surface area contributed by atoms with Crippen LogP contribution in [0.3, 0.4) is 0 Å². The number of amides is 1. The van der Waals surface area contributed by atoms with Gasteiger partial charge in [0.05, 0.1) is 12.1 Å². The Morgan fingerprint density at radius 3 is 2.54 bits per heavy atom. The molecule has 140 valence electrons. The van der Waals surface area contributed by atoms with Crippen LogP contribution in [0.4, 0.5) is 0 Å². The third kappa shape index (κ3) is 4.92. The third-order valence-electron chi connectivity index (χ3n) is 4.46. The zero-order valence-corrected chi connectivity index (χ0v) is 15.5. The maximum absolute atomic E-state index is 12.3. The van der Waals surface area contributed by atoms with Gasteiger partial charge in [-0.15, -0.1) is 0 Å². The summed E-state index contributed by atoms with van der Waals surface area (Å²) in [7, 11) is -3.26. The second-order valence-electron chi connectivity index (χ2n) is 6.47. The minimum absolute atomic E-state index is 0.0141. The fourth-order valence-electron chi connectivity index (χ4n) is 3.01. The van der Waals surface area contributed by atoms with Gasteiger partial charge in [-0.2, -0.15) is 0 Å². The Labute approximate surface area is 154 Å². The number of sulfonamides is 1. The summed E-state index contributed by atoms with van der Waals surface area (Å²) >= 11 is 0. The summed E-state index contributed by atoms with van der Waals surface area (Å²) in [5.74, 6) is -0.163. The van der Waals surface area contributed by atoms with Gasteiger partial charge in [0.25, 0.3) is 5.91 Å². The van der Waals surface area contributed by atoms with Crippen molar-refractivity contribution < 1.29 is 13.2 Å². The highest BCUT2D eigenvalue weighted by molar-refractivity contribution is 7.88. The van der Waals surface area contributed by atoms with E-state index < -0.39 is 10.0 Å². The number of benzene rings is 1. The predicted molar refractivity (Wildman–Crippen MR) is 99.1 cm³/mol. The van der Waals surface area contributed by atoms with Crippen LogP contribution in [0.2, 0.25) is 0 Å². The molecule has 1 N–H and O–H groups in total. The van der Waals surface area contributed by atoms with Crippen LogP contribution >= 0.6 is 0 Å². The highest BCUT2D eigenvalue weighted by Gasteiger charge is 2.25. The molecule has 0 aliphatic carbocycles. The largest absolute Gasteiger partial charge is 0.352 e. The predicted octanol–water partition coefficient (Wildman–Crippen LogP) is 1.63. The summed E-state index contributed by atoms with van der Waals surface area (Å²) in [5.41, 5.74) is 1.24. The van der Waals surface area contributed by atoms with Crippen molar-refractivity contribution in [3.8, 4) is 0 Å². The molecule has 1 fully saturated rings. The first kappa shape index (κ1) is 18.6. The molecule has 0 saturated carbocycles. The summed E-state index contributed by atoms with van der Waals surface area (Å²) in [5, 5.41) is 2.87. The number of carbonyl (C=O) groups is 1. The van der Waals surface area contributed by atoms with E-state index in [0.29, 0.717) is 30.8 Å². The zero-order valence-electron chi connectivity index (χ0n) is 14.7. The minimum Gasteiger partial charge on any atom is -0.352 e. The molecule has 8 heteroatoms. The number of carbonyl (C=O) groups excluding carboxylic acids is 1. The fourth-order valence-corrected chi connectivity index (χ4v) is 4.62. The Morgan fingerprint density at radius 2 is 1.88 bits per heavy atom. The molecule has 0 bridgehead atoms. The van der Waals surface area contributed by atoms with Gasteiger partial charge in [0.15, 0.2) is 0 Å². The third-order valence-corrected chi connectivity index (χ3v) is 6.31. The fraction of sp³-hybridized carbons (Fsp3) is 0.444. The molecular formula is C18H24N4O3S. The van der Waals surface area contributed by atoms with Gasteiger partial charge >= 0.3 is 0 Å². The van der Waals surface area contributed by atoms with Gasteiger partial charge in [-0.05, 0) is 37.0 Å². The second kappa shape index (κ2) is 8.46. The van der Waals surface area contributed by atoms with E-state index in [0.717, 1.165) is 25.8 Å². The van der Waals surface area contributed by atoms with Gasteiger partial charge in [0.2, 0.25) is 10.0 Å². The average molecular weight is 376 g/mol. The molecule has 1 amide bonds. The summed E-state index contributed by atoms with van der Waals surface area (Å²) in [6.07, 6.45) is 8.03. The van der Waals surface area contributed by atoms with Crippen molar-refractivity contribution in [3.05, 3.63) is 54.1 Å². The van der Waals surface area contributed by atoms with Crippen LogP contribution in [0.5, 0.6) is 0 Å². The van der Waals surface area contributed by atoms with E-state index in [-0.39, 0.29) is 11.7 Å². The Hall–Kier alpha value is -2.19. The first-order valence-electron chi connectivity index (χ1n) is 8.85. The van der Waals surface area contributed by atoms with Crippen LogP contribution in [0.1, 0.15) is 35.2 Å². The Kier molecular flexibility index (Phi) is 6.05. The number of aryl methyl sites for hydroxylation is 1. The zero-order chi connectivity index (χ0) is 18.4. The van der Waals surface area contributed by atoms with E-state index in [9.17, 15) is 13.2 Å². The molecule has 1 aliphatic heterocycles. The van der Waals surface area contributed by atoms with E-state index in [2.05, 4.69) is 10.3 Å². The number of imidazole rings is 1. The van der Waals surface area contributed by atoms with Crippen molar-refractivity contribution in [2.45, 2.75) is 31.6 Å². The lowest BCUT2D eigenvalue weighted by atomic mass is 10.1. The quantitative estimate of drug-likeness (QED) is 0.710. The van der Waals surface area contributed by atoms with Crippen molar-refractivity contribution in [1.29, 1.82) is 0 Å². The van der Waals surface area contributed by atoms with E-state index in [1.165, 1.54) is 0 Å². The van der Waals surface area contributed by atoms with Gasteiger partial charge in [0.1, 0.15) is 0 Å². The summed E-state index contributed by atoms with van der Waals surface area (Å²) in [6.45, 7) is 2.60. The monoisotopic (exact) mass is 376 g/mol. The molecule has 0 unspecified atom stereocenters. The van der Waals surface area contributed by atoms with E-state index in [1.54, 1.807) is 41.1 Å². The number of nitrogens with one attached hydrogen (secondary N) is 1. The molecule has 0 spiro atoms. The van der Waals surface area contributed by atoms with Crippen LogP contribution in [0, 0.1) is 0 Å². The summed E-state index contributed by atoms with van der Waals surface area (Å²) in [4.78, 5) is 16.1. The topological polar surface area (TPSA) is 84.3 Å². The van der Waals surface area contributed by atoms with Crippen LogP contribution in [-0.4, -0.2) is 47.8 Å². The molecule has 1 aromatic carbocycles. The molecule has 2 aromatic rings. The minimum atomic E-state index is -3.26. The van der Waals surface area contributed by atoms with Crippen molar-refractivity contribution in [2.24, 2.45) is 0 Å². The van der Waals surface area contributed by atoms with Gasteiger partial charge in [-0.3, -0.25) is 4.79 Å².